The molecule has 0 aromatic heterocycles. The highest BCUT2D eigenvalue weighted by Crippen LogP contribution is 2.27. The highest BCUT2D eigenvalue weighted by molar-refractivity contribution is 6.35. The third-order valence-electron chi connectivity index (χ3n) is 3.29. The van der Waals surface area contributed by atoms with Crippen LogP contribution in [0.5, 0.6) is 0 Å². The fourth-order valence-corrected chi connectivity index (χ4v) is 2.68. The number of rotatable bonds is 2. The molecule has 0 aliphatic carbocycles. The van der Waals surface area contributed by atoms with Gasteiger partial charge in [-0.15, -0.1) is 0 Å². The zero-order valence-corrected chi connectivity index (χ0v) is 12.4. The first-order chi connectivity index (χ1) is 9.88. The van der Waals surface area contributed by atoms with Crippen molar-refractivity contribution in [3.05, 3.63) is 28.0 Å². The molecule has 8 heteroatoms. The second-order valence-corrected chi connectivity index (χ2v) is 5.62. The molecule has 1 aromatic carbocycles. The van der Waals surface area contributed by atoms with Gasteiger partial charge in [0.2, 0.25) is 0 Å². The highest BCUT2D eigenvalue weighted by Gasteiger charge is 2.28. The lowest BCUT2D eigenvalue weighted by molar-refractivity contribution is -0.143. The number of carboxylic acids is 1. The zero-order valence-electron chi connectivity index (χ0n) is 10.9. The summed E-state index contributed by atoms with van der Waals surface area (Å²) in [5.41, 5.74) is 0.258. The predicted octanol–water partition coefficient (Wildman–Crippen LogP) is 3.46. The number of nitrogens with zero attached hydrogens (tertiary/aromatic N) is 1. The van der Waals surface area contributed by atoms with Crippen LogP contribution in [0.25, 0.3) is 0 Å². The van der Waals surface area contributed by atoms with Crippen molar-refractivity contribution < 1.29 is 19.1 Å². The number of piperidine rings is 1. The molecule has 0 saturated carbocycles. The average Bonchev–Trinajstić information content (AvgIpc) is 2.44. The molecule has 1 saturated heterocycles. The third-order valence-corrected chi connectivity index (χ3v) is 3.84. The molecule has 21 heavy (non-hydrogen) atoms. The lowest BCUT2D eigenvalue weighted by Crippen LogP contribution is -2.44. The van der Waals surface area contributed by atoms with Crippen molar-refractivity contribution in [2.45, 2.75) is 12.8 Å². The van der Waals surface area contributed by atoms with Gasteiger partial charge in [0.15, 0.2) is 5.82 Å². The fraction of sp³-hybridized carbons (Fsp3) is 0.385. The predicted molar refractivity (Wildman–Crippen MR) is 77.4 cm³/mol. The summed E-state index contributed by atoms with van der Waals surface area (Å²) in [5, 5.41) is 11.1. The Hall–Kier alpha value is -1.53. The van der Waals surface area contributed by atoms with Crippen molar-refractivity contribution in [2.75, 3.05) is 18.4 Å². The van der Waals surface area contributed by atoms with Gasteiger partial charge in [-0.3, -0.25) is 4.79 Å². The lowest BCUT2D eigenvalue weighted by Gasteiger charge is -2.30. The van der Waals surface area contributed by atoms with Gasteiger partial charge in [0.05, 0.1) is 16.0 Å². The maximum absolute atomic E-state index is 13.3. The highest BCUT2D eigenvalue weighted by atomic mass is 35.5. The molecular formula is C13H13Cl2FN2O3. The van der Waals surface area contributed by atoms with Gasteiger partial charge in [0, 0.05) is 18.8 Å². The van der Waals surface area contributed by atoms with Crippen molar-refractivity contribution >= 4 is 40.9 Å². The third kappa shape index (κ3) is 3.77. The van der Waals surface area contributed by atoms with E-state index in [1.54, 1.807) is 0 Å². The minimum absolute atomic E-state index is 0.143. The number of urea groups is 1. The van der Waals surface area contributed by atoms with Gasteiger partial charge in [0.1, 0.15) is 0 Å². The van der Waals surface area contributed by atoms with Gasteiger partial charge in [-0.25, -0.2) is 9.18 Å². The number of carbonyl (C=O) groups excluding carboxylic acids is 1. The largest absolute Gasteiger partial charge is 0.481 e. The molecule has 0 unspecified atom stereocenters. The first-order valence-corrected chi connectivity index (χ1v) is 7.07. The molecule has 0 radical (unpaired) electrons. The molecule has 2 N–H and O–H groups in total. The van der Waals surface area contributed by atoms with Gasteiger partial charge in [-0.05, 0) is 25.0 Å². The normalized spacial score (nSPS) is 18.4. The van der Waals surface area contributed by atoms with Gasteiger partial charge >= 0.3 is 12.0 Å². The minimum atomic E-state index is -0.916. The van der Waals surface area contributed by atoms with Crippen molar-refractivity contribution in [3.8, 4) is 0 Å². The Morgan fingerprint density at radius 2 is 1.95 bits per heavy atom. The van der Waals surface area contributed by atoms with E-state index >= 15 is 0 Å². The lowest BCUT2D eigenvalue weighted by atomic mass is 9.99. The Morgan fingerprint density at radius 1 is 1.33 bits per heavy atom. The average molecular weight is 335 g/mol. The van der Waals surface area contributed by atoms with Crippen LogP contribution in [-0.2, 0) is 4.79 Å². The van der Waals surface area contributed by atoms with Crippen LogP contribution in [0.4, 0.5) is 14.9 Å². The molecule has 2 rings (SSSR count). The zero-order chi connectivity index (χ0) is 15.6. The number of nitrogens with one attached hydrogen (secondary N) is 1. The van der Waals surface area contributed by atoms with E-state index in [0.717, 1.165) is 0 Å². The number of anilines is 1. The number of hydrogen-bond acceptors (Lipinski definition) is 2. The van der Waals surface area contributed by atoms with E-state index in [1.807, 2.05) is 0 Å². The number of halogens is 3. The van der Waals surface area contributed by atoms with Crippen LogP contribution >= 0.6 is 23.2 Å². The van der Waals surface area contributed by atoms with Crippen LogP contribution < -0.4 is 5.32 Å². The summed E-state index contributed by atoms with van der Waals surface area (Å²) in [4.78, 5) is 24.5. The topological polar surface area (TPSA) is 69.6 Å². The Morgan fingerprint density at radius 3 is 2.52 bits per heavy atom. The maximum atomic E-state index is 13.3. The molecule has 1 aliphatic heterocycles. The number of likely N-dealkylation sites (tertiary alicyclic amines) is 1. The standard InChI is InChI=1S/C13H13Cl2FN2O3/c14-9-4-8(5-10(15)11(9)16)17-13(21)18-3-1-2-7(6-18)12(19)20/h4-5,7H,1-3,6H2,(H,17,21)(H,19,20)/t7-/m0/s1. The van der Waals surface area contributed by atoms with Crippen molar-refractivity contribution in [1.82, 2.24) is 4.90 Å². The van der Waals surface area contributed by atoms with E-state index < -0.39 is 23.7 Å². The number of hydrogen-bond donors (Lipinski definition) is 2. The van der Waals surface area contributed by atoms with Crippen LogP contribution in [0, 0.1) is 11.7 Å². The van der Waals surface area contributed by atoms with E-state index in [-0.39, 0.29) is 22.3 Å². The Bertz CT molecular complexity index is 560. The molecule has 114 valence electrons. The van der Waals surface area contributed by atoms with Crippen LogP contribution in [0.1, 0.15) is 12.8 Å². The molecule has 1 heterocycles. The number of amides is 2. The second kappa shape index (κ2) is 6.49. The molecule has 5 nitrogen and oxygen atoms in total. The fourth-order valence-electron chi connectivity index (χ4n) is 2.19. The van der Waals surface area contributed by atoms with Gasteiger partial charge in [0.25, 0.3) is 0 Å². The van der Waals surface area contributed by atoms with Crippen LogP contribution in [0.15, 0.2) is 12.1 Å². The smallest absolute Gasteiger partial charge is 0.321 e. The Labute approximate surface area is 130 Å². The number of aliphatic carboxylic acids is 1. The minimum Gasteiger partial charge on any atom is -0.481 e. The SMILES string of the molecule is O=C(O)[C@H]1CCCN(C(=O)Nc2cc(Cl)c(F)c(Cl)c2)C1. The van der Waals surface area contributed by atoms with E-state index in [0.29, 0.717) is 19.4 Å². The molecule has 1 fully saturated rings. The van der Waals surface area contributed by atoms with E-state index in [1.165, 1.54) is 17.0 Å². The summed E-state index contributed by atoms with van der Waals surface area (Å²) >= 11 is 11.3. The summed E-state index contributed by atoms with van der Waals surface area (Å²) in [7, 11) is 0. The van der Waals surface area contributed by atoms with E-state index in [2.05, 4.69) is 5.32 Å². The van der Waals surface area contributed by atoms with Crippen LogP contribution in [-0.4, -0.2) is 35.1 Å². The molecular weight excluding hydrogens is 322 g/mol. The molecule has 1 aliphatic rings. The number of carboxylic acid groups (broad SMARTS) is 1. The maximum Gasteiger partial charge on any atom is 0.321 e. The van der Waals surface area contributed by atoms with E-state index in [4.69, 9.17) is 28.3 Å². The van der Waals surface area contributed by atoms with Gasteiger partial charge < -0.3 is 15.3 Å². The Kier molecular flexibility index (Phi) is 4.90. The van der Waals surface area contributed by atoms with Crippen molar-refractivity contribution in [2.24, 2.45) is 5.92 Å². The first-order valence-electron chi connectivity index (χ1n) is 6.31. The summed E-state index contributed by atoms with van der Waals surface area (Å²) in [6.45, 7) is 0.613. The van der Waals surface area contributed by atoms with Gasteiger partial charge in [-0.2, -0.15) is 0 Å². The van der Waals surface area contributed by atoms with Crippen molar-refractivity contribution in [1.29, 1.82) is 0 Å². The Balaban J connectivity index is 2.06. The second-order valence-electron chi connectivity index (χ2n) is 4.81. The summed E-state index contributed by atoms with van der Waals surface area (Å²) in [5.74, 6) is -2.23. The first kappa shape index (κ1) is 15.9. The van der Waals surface area contributed by atoms with E-state index in [9.17, 15) is 14.0 Å². The molecule has 2 amide bonds. The molecule has 1 atom stereocenters. The van der Waals surface area contributed by atoms with Crippen LogP contribution in [0.3, 0.4) is 0 Å². The van der Waals surface area contributed by atoms with Crippen LogP contribution in [0.2, 0.25) is 10.0 Å². The molecule has 1 aromatic rings. The summed E-state index contributed by atoms with van der Waals surface area (Å²) in [6.07, 6.45) is 1.17. The van der Waals surface area contributed by atoms with Gasteiger partial charge in [-0.1, -0.05) is 23.2 Å². The summed E-state index contributed by atoms with van der Waals surface area (Å²) in [6, 6.07) is 2.04. The summed E-state index contributed by atoms with van der Waals surface area (Å²) < 4.78 is 13.3. The quantitative estimate of drug-likeness (QED) is 0.813. The molecule has 0 bridgehead atoms. The number of carbonyl (C=O) groups is 2. The monoisotopic (exact) mass is 334 g/mol. The molecule has 0 spiro atoms. The number of benzene rings is 1. The van der Waals surface area contributed by atoms with Crippen molar-refractivity contribution in [3.63, 3.8) is 0 Å².